The van der Waals surface area contributed by atoms with Crippen LogP contribution in [-0.4, -0.2) is 39.1 Å². The van der Waals surface area contributed by atoms with Gasteiger partial charge in [0.25, 0.3) is 0 Å². The minimum atomic E-state index is 0.302. The molecule has 1 aromatic heterocycles. The van der Waals surface area contributed by atoms with Crippen LogP contribution in [0.3, 0.4) is 0 Å². The third-order valence-electron chi connectivity index (χ3n) is 4.98. The van der Waals surface area contributed by atoms with E-state index in [2.05, 4.69) is 20.8 Å². The molecule has 0 aliphatic heterocycles. The maximum Gasteiger partial charge on any atom is 0.214 e. The molecule has 7 nitrogen and oxygen atoms in total. The first-order chi connectivity index (χ1) is 17.2. The maximum absolute atomic E-state index is 6.56. The molecule has 1 heterocycles. The van der Waals surface area contributed by atoms with Gasteiger partial charge in [-0.2, -0.15) is 4.68 Å². The fraction of sp³-hybridized carbons (Fsp3) is 0.240. The number of para-hydroxylation sites is 1. The van der Waals surface area contributed by atoms with Crippen LogP contribution in [0.25, 0.3) is 5.69 Å². The Labute approximate surface area is 218 Å². The maximum atomic E-state index is 6.56. The minimum absolute atomic E-state index is 0.302. The van der Waals surface area contributed by atoms with Crippen molar-refractivity contribution in [2.75, 3.05) is 18.9 Å². The van der Waals surface area contributed by atoms with Crippen molar-refractivity contribution in [3.05, 3.63) is 87.9 Å². The van der Waals surface area contributed by atoms with Crippen molar-refractivity contribution >= 4 is 35.0 Å². The first kappa shape index (κ1) is 25.3. The fourth-order valence-electron chi connectivity index (χ4n) is 3.34. The van der Waals surface area contributed by atoms with Crippen LogP contribution >= 0.6 is 35.0 Å². The number of tetrazole rings is 1. The lowest BCUT2D eigenvalue weighted by Gasteiger charge is -2.16. The van der Waals surface area contributed by atoms with E-state index in [1.807, 2.05) is 73.7 Å². The van der Waals surface area contributed by atoms with Crippen molar-refractivity contribution in [2.24, 2.45) is 0 Å². The smallest absolute Gasteiger partial charge is 0.214 e. The van der Waals surface area contributed by atoms with E-state index in [1.54, 1.807) is 16.4 Å². The molecule has 0 spiro atoms. The second-order valence-electron chi connectivity index (χ2n) is 7.45. The molecule has 0 saturated carbocycles. The molecule has 0 fully saturated rings. The number of rotatable bonds is 12. The summed E-state index contributed by atoms with van der Waals surface area (Å²) in [7, 11) is 0. The molecule has 0 amide bonds. The van der Waals surface area contributed by atoms with Gasteiger partial charge < -0.3 is 14.8 Å². The molecule has 10 heteroatoms. The van der Waals surface area contributed by atoms with E-state index < -0.39 is 0 Å². The van der Waals surface area contributed by atoms with E-state index in [-0.39, 0.29) is 0 Å². The highest BCUT2D eigenvalue weighted by molar-refractivity contribution is 7.99. The highest BCUT2D eigenvalue weighted by Crippen LogP contribution is 2.37. The molecular weight excluding hydrogens is 505 g/mol. The average molecular weight is 530 g/mol. The van der Waals surface area contributed by atoms with Crippen LogP contribution < -0.4 is 14.8 Å². The summed E-state index contributed by atoms with van der Waals surface area (Å²) in [6.07, 6.45) is 0. The number of halogens is 2. The molecule has 0 radical (unpaired) electrons. The van der Waals surface area contributed by atoms with Gasteiger partial charge in [-0.15, -0.1) is 5.10 Å². The molecule has 0 atom stereocenters. The van der Waals surface area contributed by atoms with Crippen LogP contribution in [0.5, 0.6) is 11.5 Å². The lowest BCUT2D eigenvalue weighted by atomic mass is 10.2. The van der Waals surface area contributed by atoms with Crippen molar-refractivity contribution < 1.29 is 9.47 Å². The topological polar surface area (TPSA) is 74.1 Å². The average Bonchev–Trinajstić information content (AvgIpc) is 3.34. The second-order valence-corrected chi connectivity index (χ2v) is 9.33. The Bertz CT molecular complexity index is 1240. The normalized spacial score (nSPS) is 10.9. The molecule has 0 unspecified atom stereocenters. The van der Waals surface area contributed by atoms with E-state index >= 15 is 0 Å². The summed E-state index contributed by atoms with van der Waals surface area (Å²) in [5, 5.41) is 17.3. The first-order valence-corrected chi connectivity index (χ1v) is 12.9. The van der Waals surface area contributed by atoms with Crippen molar-refractivity contribution in [1.29, 1.82) is 0 Å². The van der Waals surface area contributed by atoms with Crippen LogP contribution in [-0.2, 0) is 13.2 Å². The Balaban J connectivity index is 1.32. The minimum Gasteiger partial charge on any atom is -0.490 e. The lowest BCUT2D eigenvalue weighted by Crippen LogP contribution is -2.17. The zero-order chi connectivity index (χ0) is 24.5. The highest BCUT2D eigenvalue weighted by Gasteiger charge is 2.14. The molecule has 3 aromatic carbocycles. The van der Waals surface area contributed by atoms with Crippen LogP contribution in [0.2, 0.25) is 10.0 Å². The molecule has 4 rings (SSSR count). The number of benzene rings is 3. The van der Waals surface area contributed by atoms with Gasteiger partial charge in [0.05, 0.1) is 17.3 Å². The van der Waals surface area contributed by atoms with Gasteiger partial charge in [0.2, 0.25) is 5.16 Å². The molecule has 0 aliphatic carbocycles. The summed E-state index contributed by atoms with van der Waals surface area (Å²) >= 11 is 14.4. The van der Waals surface area contributed by atoms with E-state index in [0.29, 0.717) is 41.3 Å². The zero-order valence-electron chi connectivity index (χ0n) is 19.2. The van der Waals surface area contributed by atoms with E-state index in [4.69, 9.17) is 32.7 Å². The summed E-state index contributed by atoms with van der Waals surface area (Å²) in [5.74, 6) is 1.93. The van der Waals surface area contributed by atoms with E-state index in [9.17, 15) is 0 Å². The van der Waals surface area contributed by atoms with Crippen LogP contribution in [0.4, 0.5) is 0 Å². The van der Waals surface area contributed by atoms with Crippen LogP contribution in [0.15, 0.2) is 71.9 Å². The Morgan fingerprint density at radius 2 is 1.77 bits per heavy atom. The first-order valence-electron chi connectivity index (χ1n) is 11.1. The van der Waals surface area contributed by atoms with Crippen molar-refractivity contribution in [3.8, 4) is 17.2 Å². The number of hydrogen-bond donors (Lipinski definition) is 1. The number of nitrogens with one attached hydrogen (secondary N) is 1. The Hall–Kier alpha value is -2.78. The quantitative estimate of drug-likeness (QED) is 0.183. The SMILES string of the molecule is CCOc1cc(CNCCSc2nnnn2-c2ccccc2)cc(Cl)c1OCc1ccccc1Cl. The fourth-order valence-corrected chi connectivity index (χ4v) is 4.60. The van der Waals surface area contributed by atoms with Crippen molar-refractivity contribution in [2.45, 2.75) is 25.2 Å². The third kappa shape index (κ3) is 6.89. The summed E-state index contributed by atoms with van der Waals surface area (Å²) < 4.78 is 13.5. The van der Waals surface area contributed by atoms with Gasteiger partial charge in [0, 0.05) is 29.4 Å². The van der Waals surface area contributed by atoms with Crippen molar-refractivity contribution in [3.63, 3.8) is 0 Å². The van der Waals surface area contributed by atoms with Gasteiger partial charge in [0.15, 0.2) is 11.5 Å². The number of aromatic nitrogens is 4. The summed E-state index contributed by atoms with van der Waals surface area (Å²) in [5.41, 5.74) is 2.82. The second kappa shape index (κ2) is 12.8. The summed E-state index contributed by atoms with van der Waals surface area (Å²) in [6, 6.07) is 21.2. The number of nitrogens with zero attached hydrogens (tertiary/aromatic N) is 4. The number of thioether (sulfide) groups is 1. The van der Waals surface area contributed by atoms with Gasteiger partial charge in [-0.25, -0.2) is 0 Å². The van der Waals surface area contributed by atoms with Crippen LogP contribution in [0.1, 0.15) is 18.1 Å². The Kier molecular flexibility index (Phi) is 9.25. The molecule has 182 valence electrons. The predicted molar refractivity (Wildman–Crippen MR) is 140 cm³/mol. The largest absolute Gasteiger partial charge is 0.490 e. The standard InChI is InChI=1S/C25H25Cl2N5O2S/c1-2-33-23-15-18(14-22(27)24(23)34-17-19-8-6-7-11-21(19)26)16-28-12-13-35-25-29-30-31-32(25)20-9-4-3-5-10-20/h3-11,14-15,28H,2,12-13,16-17H2,1H3. The van der Waals surface area contributed by atoms with Gasteiger partial charge in [-0.05, 0) is 53.2 Å². The van der Waals surface area contributed by atoms with E-state index in [0.717, 1.165) is 34.3 Å². The number of ether oxygens (including phenoxy) is 2. The number of hydrogen-bond acceptors (Lipinski definition) is 7. The van der Waals surface area contributed by atoms with Gasteiger partial charge >= 0.3 is 0 Å². The zero-order valence-corrected chi connectivity index (χ0v) is 21.5. The molecule has 0 aliphatic rings. The molecule has 35 heavy (non-hydrogen) atoms. The lowest BCUT2D eigenvalue weighted by molar-refractivity contribution is 0.269. The van der Waals surface area contributed by atoms with Gasteiger partial charge in [-0.3, -0.25) is 0 Å². The van der Waals surface area contributed by atoms with Gasteiger partial charge in [-0.1, -0.05) is 71.4 Å². The highest BCUT2D eigenvalue weighted by atomic mass is 35.5. The molecule has 4 aromatic rings. The Morgan fingerprint density at radius 1 is 0.971 bits per heavy atom. The summed E-state index contributed by atoms with van der Waals surface area (Å²) in [6.45, 7) is 4.13. The third-order valence-corrected chi connectivity index (χ3v) is 6.55. The van der Waals surface area contributed by atoms with Crippen LogP contribution in [0, 0.1) is 0 Å². The summed E-state index contributed by atoms with van der Waals surface area (Å²) in [4.78, 5) is 0. The molecule has 1 N–H and O–H groups in total. The monoisotopic (exact) mass is 529 g/mol. The molecule has 0 saturated heterocycles. The Morgan fingerprint density at radius 3 is 2.57 bits per heavy atom. The predicted octanol–water partition coefficient (Wildman–Crippen LogP) is 5.83. The molecular formula is C25H25Cl2N5O2S. The molecule has 0 bridgehead atoms. The van der Waals surface area contributed by atoms with Crippen molar-refractivity contribution in [1.82, 2.24) is 25.5 Å². The van der Waals surface area contributed by atoms with E-state index in [1.165, 1.54) is 0 Å². The van der Waals surface area contributed by atoms with Gasteiger partial charge in [0.1, 0.15) is 6.61 Å².